The molecule has 0 fully saturated rings. The number of rotatable bonds is 6. The van der Waals surface area contributed by atoms with Crippen LogP contribution in [-0.4, -0.2) is 23.5 Å². The number of benzene rings is 2. The SMILES string of the molecule is C=CCOc1c([Si](C)(C)C2C=Cc3ccccc32)cc(C)c([Si](C)C)c1C(C)(C)C. The minimum atomic E-state index is -1.93. The van der Waals surface area contributed by atoms with Crippen molar-refractivity contribution < 1.29 is 4.74 Å². The van der Waals surface area contributed by atoms with Gasteiger partial charge < -0.3 is 4.74 Å². The Kier molecular flexibility index (Phi) is 6.36. The van der Waals surface area contributed by atoms with E-state index in [0.29, 0.717) is 12.1 Å². The lowest BCUT2D eigenvalue weighted by Crippen LogP contribution is -2.50. The van der Waals surface area contributed by atoms with Gasteiger partial charge in [0.15, 0.2) is 0 Å². The van der Waals surface area contributed by atoms with Gasteiger partial charge in [-0.25, -0.2) is 0 Å². The number of ether oxygens (including phenoxy) is 1. The van der Waals surface area contributed by atoms with Crippen molar-refractivity contribution in [2.75, 3.05) is 6.61 Å². The fourth-order valence-corrected chi connectivity index (χ4v) is 10.1. The Morgan fingerprint density at radius 3 is 2.43 bits per heavy atom. The highest BCUT2D eigenvalue weighted by Crippen LogP contribution is 2.40. The molecular formula is C27H37OSi2. The van der Waals surface area contributed by atoms with Crippen LogP contribution >= 0.6 is 0 Å². The molecule has 30 heavy (non-hydrogen) atoms. The molecule has 0 aromatic heterocycles. The zero-order chi connectivity index (χ0) is 22.3. The molecule has 1 radical (unpaired) electrons. The largest absolute Gasteiger partial charge is 0.489 e. The summed E-state index contributed by atoms with van der Waals surface area (Å²) >= 11 is 0. The Labute approximate surface area is 186 Å². The second-order valence-corrected chi connectivity index (χ2v) is 17.5. The lowest BCUT2D eigenvalue weighted by Gasteiger charge is -2.37. The molecule has 3 rings (SSSR count). The van der Waals surface area contributed by atoms with Crippen molar-refractivity contribution in [2.45, 2.75) is 64.8 Å². The van der Waals surface area contributed by atoms with Gasteiger partial charge in [0.05, 0.1) is 16.9 Å². The van der Waals surface area contributed by atoms with Gasteiger partial charge in [-0.05, 0) is 34.2 Å². The van der Waals surface area contributed by atoms with Gasteiger partial charge in [0.1, 0.15) is 12.4 Å². The van der Waals surface area contributed by atoms with Crippen LogP contribution in [0.3, 0.4) is 0 Å². The van der Waals surface area contributed by atoms with Crippen LogP contribution < -0.4 is 15.1 Å². The molecule has 0 aliphatic heterocycles. The first kappa shape index (κ1) is 22.8. The van der Waals surface area contributed by atoms with Crippen LogP contribution in [0.15, 0.2) is 49.1 Å². The van der Waals surface area contributed by atoms with Gasteiger partial charge in [-0.1, -0.05) is 113 Å². The summed E-state index contributed by atoms with van der Waals surface area (Å²) in [5.41, 5.74) is 6.20. The van der Waals surface area contributed by atoms with E-state index in [1.807, 2.05) is 6.08 Å². The predicted molar refractivity (Wildman–Crippen MR) is 138 cm³/mol. The number of aryl methyl sites for hydroxylation is 1. The summed E-state index contributed by atoms with van der Waals surface area (Å²) in [4.78, 5) is 0. The van der Waals surface area contributed by atoms with Gasteiger partial charge in [0, 0.05) is 5.54 Å². The molecule has 3 heteroatoms. The average molecular weight is 434 g/mol. The standard InChI is InChI=1S/C27H37OSi2/c1-10-17-28-25-23(18-19(2)26(29(6)7)24(25)27(3,4)5)30(8,9)22-16-15-20-13-11-12-14-21(20)22/h10-16,18,22H,1,17H2,2-9H3. The predicted octanol–water partition coefficient (Wildman–Crippen LogP) is 6.08. The zero-order valence-corrected chi connectivity index (χ0v) is 22.0. The molecule has 2 aromatic carbocycles. The van der Waals surface area contributed by atoms with E-state index in [0.717, 1.165) is 5.75 Å². The molecular weight excluding hydrogens is 396 g/mol. The maximum Gasteiger partial charge on any atom is 0.122 e. The number of hydrogen-bond donors (Lipinski definition) is 0. The normalized spacial score (nSPS) is 16.1. The Bertz CT molecular complexity index is 977. The molecule has 1 unspecified atom stereocenters. The Morgan fingerprint density at radius 2 is 1.83 bits per heavy atom. The van der Waals surface area contributed by atoms with Gasteiger partial charge in [0.2, 0.25) is 0 Å². The fourth-order valence-electron chi connectivity index (χ4n) is 4.98. The Balaban J connectivity index is 2.30. The van der Waals surface area contributed by atoms with Crippen molar-refractivity contribution in [3.8, 4) is 5.75 Å². The van der Waals surface area contributed by atoms with Gasteiger partial charge >= 0.3 is 0 Å². The van der Waals surface area contributed by atoms with E-state index in [9.17, 15) is 0 Å². The van der Waals surface area contributed by atoms with Crippen LogP contribution in [0.4, 0.5) is 0 Å². The van der Waals surface area contributed by atoms with Crippen molar-refractivity contribution in [3.63, 3.8) is 0 Å². The third-order valence-electron chi connectivity index (χ3n) is 6.34. The molecule has 159 valence electrons. The average Bonchev–Trinajstić information content (AvgIpc) is 3.10. The second kappa shape index (κ2) is 8.35. The van der Waals surface area contributed by atoms with Crippen LogP contribution in [-0.2, 0) is 5.41 Å². The maximum atomic E-state index is 6.53. The van der Waals surface area contributed by atoms with Crippen molar-refractivity contribution in [1.82, 2.24) is 0 Å². The molecule has 0 saturated carbocycles. The van der Waals surface area contributed by atoms with Gasteiger partial charge in [-0.3, -0.25) is 0 Å². The number of hydrogen-bond acceptors (Lipinski definition) is 1. The van der Waals surface area contributed by atoms with E-state index >= 15 is 0 Å². The molecule has 0 heterocycles. The van der Waals surface area contributed by atoms with Crippen LogP contribution in [0.5, 0.6) is 5.75 Å². The van der Waals surface area contributed by atoms with Crippen molar-refractivity contribution in [3.05, 3.63) is 71.3 Å². The highest BCUT2D eigenvalue weighted by atomic mass is 28.3. The van der Waals surface area contributed by atoms with E-state index in [2.05, 4.69) is 103 Å². The summed E-state index contributed by atoms with van der Waals surface area (Å²) in [6.45, 7) is 23.6. The first-order valence-electron chi connectivity index (χ1n) is 11.0. The molecule has 1 aliphatic rings. The van der Waals surface area contributed by atoms with E-state index in [4.69, 9.17) is 4.74 Å². The first-order valence-corrected chi connectivity index (χ1v) is 16.6. The van der Waals surface area contributed by atoms with E-state index in [1.54, 1.807) is 5.19 Å². The molecule has 0 saturated heterocycles. The van der Waals surface area contributed by atoms with Crippen molar-refractivity contribution in [1.29, 1.82) is 0 Å². The Hall–Kier alpha value is -1.85. The maximum absolute atomic E-state index is 6.53. The number of allylic oxidation sites excluding steroid dienone is 1. The minimum absolute atomic E-state index is 0.0302. The molecule has 0 N–H and O–H groups in total. The molecule has 2 aromatic rings. The summed E-state index contributed by atoms with van der Waals surface area (Å²) in [5, 5.41) is 2.99. The minimum Gasteiger partial charge on any atom is -0.489 e. The summed E-state index contributed by atoms with van der Waals surface area (Å²) in [6.07, 6.45) is 6.62. The van der Waals surface area contributed by atoms with E-state index in [1.165, 1.54) is 27.4 Å². The number of fused-ring (bicyclic) bond motifs is 1. The fraction of sp³-hybridized carbons (Fsp3) is 0.407. The van der Waals surface area contributed by atoms with Gasteiger partial charge in [-0.2, -0.15) is 0 Å². The summed E-state index contributed by atoms with van der Waals surface area (Å²) in [6, 6.07) is 11.3. The summed E-state index contributed by atoms with van der Waals surface area (Å²) in [5.74, 6) is 1.14. The quantitative estimate of drug-likeness (QED) is 0.396. The van der Waals surface area contributed by atoms with Crippen molar-refractivity contribution in [2.24, 2.45) is 0 Å². The highest BCUT2D eigenvalue weighted by Gasteiger charge is 2.41. The molecule has 0 bridgehead atoms. The van der Waals surface area contributed by atoms with Crippen LogP contribution in [0.2, 0.25) is 26.2 Å². The monoisotopic (exact) mass is 433 g/mol. The van der Waals surface area contributed by atoms with E-state index < -0.39 is 16.9 Å². The highest BCUT2D eigenvalue weighted by molar-refractivity contribution is 6.92. The summed E-state index contributed by atoms with van der Waals surface area (Å²) < 4.78 is 6.53. The van der Waals surface area contributed by atoms with Crippen LogP contribution in [0.25, 0.3) is 6.08 Å². The van der Waals surface area contributed by atoms with Gasteiger partial charge in [0.25, 0.3) is 0 Å². The second-order valence-electron chi connectivity index (χ2n) is 10.4. The third-order valence-corrected chi connectivity index (χ3v) is 11.8. The topological polar surface area (TPSA) is 9.23 Å². The molecule has 1 atom stereocenters. The smallest absolute Gasteiger partial charge is 0.122 e. The van der Waals surface area contributed by atoms with Crippen LogP contribution in [0, 0.1) is 6.92 Å². The summed E-state index contributed by atoms with van der Waals surface area (Å²) in [7, 11) is -2.56. The Morgan fingerprint density at radius 1 is 1.17 bits per heavy atom. The van der Waals surface area contributed by atoms with Gasteiger partial charge in [-0.15, -0.1) is 0 Å². The van der Waals surface area contributed by atoms with Crippen LogP contribution in [0.1, 0.15) is 48.6 Å². The molecule has 0 spiro atoms. The molecule has 1 nitrogen and oxygen atoms in total. The lowest BCUT2D eigenvalue weighted by atomic mass is 9.85. The zero-order valence-electron chi connectivity index (χ0n) is 20.0. The van der Waals surface area contributed by atoms with Crippen molar-refractivity contribution >= 4 is 33.3 Å². The third kappa shape index (κ3) is 4.02. The lowest BCUT2D eigenvalue weighted by molar-refractivity contribution is 0.354. The first-order chi connectivity index (χ1) is 14.0. The van der Waals surface area contributed by atoms with E-state index in [-0.39, 0.29) is 5.41 Å². The molecule has 0 amide bonds. The molecule has 1 aliphatic carbocycles.